The van der Waals surface area contributed by atoms with Gasteiger partial charge in [-0.15, -0.1) is 11.3 Å². The SMILES string of the molecule is CC(C)c1nc(SCC(=O)NNC(=O)c2ccco2)c2c3c(sc2n1)CCCC3. The van der Waals surface area contributed by atoms with Gasteiger partial charge in [0.1, 0.15) is 15.7 Å². The zero-order valence-electron chi connectivity index (χ0n) is 16.3. The Morgan fingerprint density at radius 1 is 1.24 bits per heavy atom. The number of aryl methyl sites for hydroxylation is 2. The Kier molecular flexibility index (Phi) is 5.86. The minimum Gasteiger partial charge on any atom is -0.459 e. The molecule has 152 valence electrons. The summed E-state index contributed by atoms with van der Waals surface area (Å²) in [7, 11) is 0. The number of amides is 2. The summed E-state index contributed by atoms with van der Waals surface area (Å²) < 4.78 is 5.00. The number of furan rings is 1. The van der Waals surface area contributed by atoms with Crippen molar-refractivity contribution < 1.29 is 14.0 Å². The number of aromatic nitrogens is 2. The molecule has 2 N–H and O–H groups in total. The summed E-state index contributed by atoms with van der Waals surface area (Å²) in [5.41, 5.74) is 6.13. The van der Waals surface area contributed by atoms with Crippen molar-refractivity contribution in [1.29, 1.82) is 0 Å². The summed E-state index contributed by atoms with van der Waals surface area (Å²) in [5, 5.41) is 1.96. The van der Waals surface area contributed by atoms with Gasteiger partial charge in [0, 0.05) is 16.2 Å². The van der Waals surface area contributed by atoms with E-state index in [1.165, 1.54) is 47.4 Å². The monoisotopic (exact) mass is 430 g/mol. The Morgan fingerprint density at radius 3 is 2.83 bits per heavy atom. The van der Waals surface area contributed by atoms with Crippen molar-refractivity contribution in [3.63, 3.8) is 0 Å². The highest BCUT2D eigenvalue weighted by molar-refractivity contribution is 8.00. The quantitative estimate of drug-likeness (QED) is 0.363. The van der Waals surface area contributed by atoms with E-state index >= 15 is 0 Å². The number of hydrazine groups is 1. The Morgan fingerprint density at radius 2 is 2.07 bits per heavy atom. The van der Waals surface area contributed by atoms with Crippen LogP contribution < -0.4 is 10.9 Å². The smallest absolute Gasteiger partial charge is 0.305 e. The maximum atomic E-state index is 12.3. The number of hydrogen-bond acceptors (Lipinski definition) is 7. The third kappa shape index (κ3) is 4.30. The molecule has 0 fully saturated rings. The van der Waals surface area contributed by atoms with E-state index in [1.807, 2.05) is 0 Å². The molecule has 0 aliphatic heterocycles. The molecule has 1 aliphatic carbocycles. The van der Waals surface area contributed by atoms with Crippen LogP contribution in [0.5, 0.6) is 0 Å². The largest absolute Gasteiger partial charge is 0.459 e. The lowest BCUT2D eigenvalue weighted by Crippen LogP contribution is -2.42. The summed E-state index contributed by atoms with van der Waals surface area (Å²) in [6.07, 6.45) is 5.93. The lowest BCUT2D eigenvalue weighted by molar-refractivity contribution is -0.119. The minimum absolute atomic E-state index is 0.141. The molecule has 3 aromatic heterocycles. The predicted octanol–water partition coefficient (Wildman–Crippen LogP) is 3.84. The molecule has 0 bridgehead atoms. The van der Waals surface area contributed by atoms with Crippen LogP contribution in [0.3, 0.4) is 0 Å². The van der Waals surface area contributed by atoms with Gasteiger partial charge in [0.25, 0.3) is 0 Å². The van der Waals surface area contributed by atoms with Gasteiger partial charge in [0.15, 0.2) is 5.76 Å². The molecule has 9 heteroatoms. The molecular formula is C20H22N4O3S2. The number of thiophene rings is 1. The average molecular weight is 431 g/mol. The fourth-order valence-electron chi connectivity index (χ4n) is 3.27. The van der Waals surface area contributed by atoms with E-state index < -0.39 is 5.91 Å². The van der Waals surface area contributed by atoms with E-state index in [2.05, 4.69) is 24.7 Å². The Hall–Kier alpha value is -2.39. The van der Waals surface area contributed by atoms with Crippen LogP contribution in [0, 0.1) is 0 Å². The standard InChI is InChI=1S/C20H22N4O3S2/c1-11(2)17-21-19(16-12-6-3-4-8-14(12)29-20(16)22-17)28-10-15(25)23-24-18(26)13-7-5-9-27-13/h5,7,9,11H,3-4,6,8,10H2,1-2H3,(H,23,25)(H,24,26). The molecule has 0 spiro atoms. The number of fused-ring (bicyclic) bond motifs is 3. The number of carbonyl (C=O) groups is 2. The van der Waals surface area contributed by atoms with Crippen LogP contribution in [0.25, 0.3) is 10.2 Å². The summed E-state index contributed by atoms with van der Waals surface area (Å²) in [5.74, 6) is 0.488. The molecule has 1 aliphatic rings. The van der Waals surface area contributed by atoms with E-state index in [4.69, 9.17) is 14.4 Å². The first-order valence-corrected chi connectivity index (χ1v) is 11.4. The Balaban J connectivity index is 1.50. The van der Waals surface area contributed by atoms with Gasteiger partial charge in [-0.25, -0.2) is 9.97 Å². The van der Waals surface area contributed by atoms with Gasteiger partial charge in [0.05, 0.1) is 12.0 Å². The first-order valence-electron chi connectivity index (χ1n) is 9.60. The predicted molar refractivity (Wildman–Crippen MR) is 113 cm³/mol. The molecule has 0 radical (unpaired) electrons. The highest BCUT2D eigenvalue weighted by atomic mass is 32.2. The third-order valence-corrected chi connectivity index (χ3v) is 6.88. The normalized spacial score (nSPS) is 13.5. The molecule has 7 nitrogen and oxygen atoms in total. The van der Waals surface area contributed by atoms with E-state index in [0.717, 1.165) is 33.9 Å². The zero-order valence-corrected chi connectivity index (χ0v) is 17.9. The molecule has 29 heavy (non-hydrogen) atoms. The van der Waals surface area contributed by atoms with E-state index in [-0.39, 0.29) is 23.3 Å². The fraction of sp³-hybridized carbons (Fsp3) is 0.400. The highest BCUT2D eigenvalue weighted by Gasteiger charge is 2.22. The van der Waals surface area contributed by atoms with Gasteiger partial charge in [-0.05, 0) is 43.4 Å². The highest BCUT2D eigenvalue weighted by Crippen LogP contribution is 2.40. The maximum Gasteiger partial charge on any atom is 0.305 e. The van der Waals surface area contributed by atoms with Crippen LogP contribution in [-0.4, -0.2) is 27.5 Å². The molecule has 3 aromatic rings. The molecular weight excluding hydrogens is 408 g/mol. The molecule has 0 unspecified atom stereocenters. The summed E-state index contributed by atoms with van der Waals surface area (Å²) >= 11 is 3.14. The average Bonchev–Trinajstić information content (AvgIpc) is 3.37. The first-order chi connectivity index (χ1) is 14.0. The van der Waals surface area contributed by atoms with E-state index in [9.17, 15) is 9.59 Å². The molecule has 4 rings (SSSR count). The van der Waals surface area contributed by atoms with Crippen LogP contribution in [-0.2, 0) is 17.6 Å². The number of nitrogens with zero attached hydrogens (tertiary/aromatic N) is 2. The van der Waals surface area contributed by atoms with Crippen molar-refractivity contribution in [2.24, 2.45) is 0 Å². The Bertz CT molecular complexity index is 1040. The van der Waals surface area contributed by atoms with Crippen molar-refractivity contribution >= 4 is 45.1 Å². The van der Waals surface area contributed by atoms with Crippen molar-refractivity contribution in [3.05, 3.63) is 40.4 Å². The van der Waals surface area contributed by atoms with Gasteiger partial charge in [-0.3, -0.25) is 20.4 Å². The fourth-order valence-corrected chi connectivity index (χ4v) is 5.46. The summed E-state index contributed by atoms with van der Waals surface area (Å²) in [6.45, 7) is 4.14. The molecule has 0 saturated carbocycles. The molecule has 0 saturated heterocycles. The van der Waals surface area contributed by atoms with Crippen LogP contribution >= 0.6 is 23.1 Å². The van der Waals surface area contributed by atoms with Crippen LogP contribution in [0.2, 0.25) is 0 Å². The van der Waals surface area contributed by atoms with Gasteiger partial charge in [-0.2, -0.15) is 0 Å². The lowest BCUT2D eigenvalue weighted by Gasteiger charge is -2.13. The number of nitrogens with one attached hydrogen (secondary N) is 2. The summed E-state index contributed by atoms with van der Waals surface area (Å²) in [4.78, 5) is 36.1. The second kappa shape index (κ2) is 8.54. The topological polar surface area (TPSA) is 97.1 Å². The van der Waals surface area contributed by atoms with Crippen LogP contribution in [0.15, 0.2) is 27.8 Å². The molecule has 0 atom stereocenters. The van der Waals surface area contributed by atoms with Gasteiger partial charge >= 0.3 is 5.91 Å². The number of rotatable bonds is 5. The second-order valence-corrected chi connectivity index (χ2v) is 9.25. The van der Waals surface area contributed by atoms with Crippen molar-refractivity contribution in [2.45, 2.75) is 50.5 Å². The summed E-state index contributed by atoms with van der Waals surface area (Å²) in [6, 6.07) is 3.14. The van der Waals surface area contributed by atoms with E-state index in [0.29, 0.717) is 0 Å². The van der Waals surface area contributed by atoms with Gasteiger partial charge in [0.2, 0.25) is 5.91 Å². The lowest BCUT2D eigenvalue weighted by atomic mass is 9.97. The molecule has 3 heterocycles. The van der Waals surface area contributed by atoms with Gasteiger partial charge in [-0.1, -0.05) is 25.6 Å². The third-order valence-electron chi connectivity index (χ3n) is 4.72. The molecule has 0 aromatic carbocycles. The van der Waals surface area contributed by atoms with Crippen molar-refractivity contribution in [3.8, 4) is 0 Å². The van der Waals surface area contributed by atoms with E-state index in [1.54, 1.807) is 17.4 Å². The van der Waals surface area contributed by atoms with Crippen molar-refractivity contribution in [2.75, 3.05) is 5.75 Å². The maximum absolute atomic E-state index is 12.3. The second-order valence-electron chi connectivity index (χ2n) is 7.20. The zero-order chi connectivity index (χ0) is 20.4. The first kappa shape index (κ1) is 19.9. The van der Waals surface area contributed by atoms with Crippen LogP contribution in [0.4, 0.5) is 0 Å². The number of carbonyl (C=O) groups excluding carboxylic acids is 2. The molecule has 2 amide bonds. The van der Waals surface area contributed by atoms with Crippen molar-refractivity contribution in [1.82, 2.24) is 20.8 Å². The number of hydrogen-bond donors (Lipinski definition) is 2. The van der Waals surface area contributed by atoms with Crippen LogP contribution in [0.1, 0.15) is 59.4 Å². The minimum atomic E-state index is -0.494. The van der Waals surface area contributed by atoms with Gasteiger partial charge < -0.3 is 4.42 Å². The number of thioether (sulfide) groups is 1. The Labute approximate surface area is 176 Å².